The van der Waals surface area contributed by atoms with Crippen molar-refractivity contribution in [1.29, 1.82) is 5.26 Å². The van der Waals surface area contributed by atoms with Gasteiger partial charge in [-0.1, -0.05) is 33.1 Å². The van der Waals surface area contributed by atoms with Crippen LogP contribution in [-0.2, 0) is 16.3 Å². The minimum atomic E-state index is -3.05. The number of rotatable bonds is 11. The number of pyridine rings is 1. The van der Waals surface area contributed by atoms with E-state index in [1.165, 1.54) is 0 Å². The first-order valence-corrected chi connectivity index (χ1v) is 13.1. The smallest absolute Gasteiger partial charge is 0.231 e. The summed E-state index contributed by atoms with van der Waals surface area (Å²) in [6, 6.07) is 4.10. The second-order valence-electron chi connectivity index (χ2n) is 9.33. The lowest BCUT2D eigenvalue weighted by molar-refractivity contribution is 0.277. The van der Waals surface area contributed by atoms with Crippen LogP contribution in [0.15, 0.2) is 12.3 Å². The van der Waals surface area contributed by atoms with Crippen LogP contribution in [0, 0.1) is 23.2 Å². The Hall–Kier alpha value is -1.61. The number of hydrogen-bond acceptors (Lipinski definition) is 5. The zero-order chi connectivity index (χ0) is 22.2. The fraction of sp³-hybridized carbons (Fsp3) is 0.750. The Labute approximate surface area is 183 Å². The average Bonchev–Trinajstić information content (AvgIpc) is 2.73. The molecule has 0 aromatic carbocycles. The third-order valence-corrected chi connectivity index (χ3v) is 9.60. The van der Waals surface area contributed by atoms with Crippen molar-refractivity contribution >= 4 is 9.84 Å². The molecule has 0 spiro atoms. The Morgan fingerprint density at radius 2 is 1.87 bits per heavy atom. The minimum Gasteiger partial charge on any atom is -0.477 e. The molecule has 5 nitrogen and oxygen atoms in total. The van der Waals surface area contributed by atoms with Crippen molar-refractivity contribution < 1.29 is 13.2 Å². The van der Waals surface area contributed by atoms with Crippen molar-refractivity contribution in [3.05, 3.63) is 23.4 Å². The van der Waals surface area contributed by atoms with Gasteiger partial charge in [0.25, 0.3) is 0 Å². The van der Waals surface area contributed by atoms with Crippen LogP contribution in [0.3, 0.4) is 0 Å². The third kappa shape index (κ3) is 6.70. The second kappa shape index (κ2) is 11.1. The zero-order valence-corrected chi connectivity index (χ0v) is 19.9. The molecule has 0 saturated heterocycles. The molecule has 0 N–H and O–H groups in total. The third-order valence-electron chi connectivity index (χ3n) is 6.72. The molecule has 1 aromatic heterocycles. The molecule has 0 radical (unpaired) electrons. The summed E-state index contributed by atoms with van der Waals surface area (Å²) >= 11 is 0. The van der Waals surface area contributed by atoms with Gasteiger partial charge in [0.1, 0.15) is 11.6 Å². The van der Waals surface area contributed by atoms with E-state index in [1.807, 2.05) is 33.0 Å². The standard InChI is InChI=1S/C24H38N2O3S/c1-5-7-14-29-23-22(16-25)15-21(17-26-23)13-10-19-8-11-20(12-9-19)18-30(27,28)24(3,4)6-2/h15,17,19-20H,5-14,18H2,1-4H3. The van der Waals surface area contributed by atoms with Crippen LogP contribution in [0.4, 0.5) is 0 Å². The molecule has 1 saturated carbocycles. The minimum absolute atomic E-state index is 0.295. The van der Waals surface area contributed by atoms with E-state index in [0.29, 0.717) is 42.1 Å². The van der Waals surface area contributed by atoms with E-state index in [2.05, 4.69) is 18.0 Å². The van der Waals surface area contributed by atoms with Gasteiger partial charge in [-0.3, -0.25) is 0 Å². The molecule has 168 valence electrons. The first-order chi connectivity index (χ1) is 14.2. The molecular formula is C24H38N2O3S. The molecule has 0 atom stereocenters. The van der Waals surface area contributed by atoms with Crippen molar-refractivity contribution in [3.63, 3.8) is 0 Å². The monoisotopic (exact) mass is 434 g/mol. The van der Waals surface area contributed by atoms with Crippen LogP contribution in [0.2, 0.25) is 0 Å². The Morgan fingerprint density at radius 3 is 2.47 bits per heavy atom. The first-order valence-electron chi connectivity index (χ1n) is 11.5. The molecule has 6 heteroatoms. The fourth-order valence-electron chi connectivity index (χ4n) is 3.95. The predicted octanol–water partition coefficient (Wildman–Crippen LogP) is 5.47. The molecule has 0 bridgehead atoms. The maximum absolute atomic E-state index is 12.7. The number of hydrogen-bond donors (Lipinski definition) is 0. The van der Waals surface area contributed by atoms with Gasteiger partial charge in [-0.25, -0.2) is 13.4 Å². The molecule has 2 rings (SSSR count). The number of aryl methyl sites for hydroxylation is 1. The van der Waals surface area contributed by atoms with Crippen LogP contribution in [0.5, 0.6) is 5.88 Å². The number of nitrogens with zero attached hydrogens (tertiary/aromatic N) is 2. The normalized spacial score (nSPS) is 20.0. The highest BCUT2D eigenvalue weighted by Gasteiger charge is 2.35. The van der Waals surface area contributed by atoms with Crippen molar-refractivity contribution in [2.75, 3.05) is 12.4 Å². The van der Waals surface area contributed by atoms with E-state index in [-0.39, 0.29) is 0 Å². The number of unbranched alkanes of at least 4 members (excludes halogenated alkanes) is 1. The van der Waals surface area contributed by atoms with Gasteiger partial charge in [-0.15, -0.1) is 0 Å². The molecular weight excluding hydrogens is 396 g/mol. The van der Waals surface area contributed by atoms with E-state index in [0.717, 1.165) is 56.9 Å². The number of ether oxygens (including phenoxy) is 1. The van der Waals surface area contributed by atoms with Gasteiger partial charge in [-0.2, -0.15) is 5.26 Å². The van der Waals surface area contributed by atoms with Gasteiger partial charge in [-0.05, 0) is 75.8 Å². The van der Waals surface area contributed by atoms with E-state index in [4.69, 9.17) is 4.74 Å². The molecule has 1 aliphatic rings. The summed E-state index contributed by atoms with van der Waals surface area (Å²) in [5.41, 5.74) is 1.58. The molecule has 30 heavy (non-hydrogen) atoms. The Morgan fingerprint density at radius 1 is 1.20 bits per heavy atom. The summed E-state index contributed by atoms with van der Waals surface area (Å²) in [6.07, 6.45) is 10.6. The molecule has 1 fully saturated rings. The van der Waals surface area contributed by atoms with Crippen LogP contribution < -0.4 is 4.74 Å². The number of nitriles is 1. The summed E-state index contributed by atoms with van der Waals surface area (Å²) in [5.74, 6) is 1.68. The van der Waals surface area contributed by atoms with Crippen LogP contribution in [0.25, 0.3) is 0 Å². The number of aromatic nitrogens is 1. The van der Waals surface area contributed by atoms with Crippen LogP contribution >= 0.6 is 0 Å². The molecule has 1 heterocycles. The van der Waals surface area contributed by atoms with E-state index in [1.54, 1.807) is 0 Å². The lowest BCUT2D eigenvalue weighted by Gasteiger charge is -2.31. The summed E-state index contributed by atoms with van der Waals surface area (Å²) in [6.45, 7) is 8.33. The predicted molar refractivity (Wildman–Crippen MR) is 121 cm³/mol. The van der Waals surface area contributed by atoms with Crippen molar-refractivity contribution in [3.8, 4) is 11.9 Å². The molecule has 1 aromatic rings. The SMILES string of the molecule is CCCCOc1ncc(CCC2CCC(CS(=O)(=O)C(C)(C)CC)CC2)cc1C#N. The van der Waals surface area contributed by atoms with Gasteiger partial charge >= 0.3 is 0 Å². The zero-order valence-electron chi connectivity index (χ0n) is 19.1. The van der Waals surface area contributed by atoms with Crippen molar-refractivity contribution in [2.45, 2.75) is 90.2 Å². The van der Waals surface area contributed by atoms with Gasteiger partial charge in [0.2, 0.25) is 5.88 Å². The lowest BCUT2D eigenvalue weighted by atomic mass is 9.80. The number of sulfone groups is 1. The van der Waals surface area contributed by atoms with Crippen LogP contribution in [0.1, 0.15) is 90.2 Å². The Balaban J connectivity index is 1.83. The van der Waals surface area contributed by atoms with E-state index in [9.17, 15) is 13.7 Å². The van der Waals surface area contributed by atoms with Crippen molar-refractivity contribution in [2.24, 2.45) is 11.8 Å². The summed E-state index contributed by atoms with van der Waals surface area (Å²) in [5, 5.41) is 9.39. The van der Waals surface area contributed by atoms with E-state index < -0.39 is 14.6 Å². The Kier molecular flexibility index (Phi) is 9.15. The molecule has 0 unspecified atom stereocenters. The van der Waals surface area contributed by atoms with Gasteiger partial charge < -0.3 is 4.74 Å². The largest absolute Gasteiger partial charge is 0.477 e. The Bertz CT molecular complexity index is 819. The molecule has 0 amide bonds. The van der Waals surface area contributed by atoms with Gasteiger partial charge in [0.05, 0.1) is 17.1 Å². The topological polar surface area (TPSA) is 80.0 Å². The van der Waals surface area contributed by atoms with Crippen molar-refractivity contribution in [1.82, 2.24) is 4.98 Å². The quantitative estimate of drug-likeness (QED) is 0.431. The maximum Gasteiger partial charge on any atom is 0.231 e. The average molecular weight is 435 g/mol. The van der Waals surface area contributed by atoms with Gasteiger partial charge in [0.15, 0.2) is 9.84 Å². The lowest BCUT2D eigenvalue weighted by Crippen LogP contribution is -2.36. The fourth-order valence-corrected chi connectivity index (χ4v) is 5.80. The summed E-state index contributed by atoms with van der Waals surface area (Å²) in [7, 11) is -3.05. The van der Waals surface area contributed by atoms with Crippen LogP contribution in [-0.4, -0.2) is 30.5 Å². The summed E-state index contributed by atoms with van der Waals surface area (Å²) < 4.78 is 30.3. The highest BCUT2D eigenvalue weighted by Crippen LogP contribution is 2.34. The second-order valence-corrected chi connectivity index (χ2v) is 12.0. The first kappa shape index (κ1) is 24.7. The summed E-state index contributed by atoms with van der Waals surface area (Å²) in [4.78, 5) is 4.36. The highest BCUT2D eigenvalue weighted by atomic mass is 32.2. The van der Waals surface area contributed by atoms with Gasteiger partial charge in [0, 0.05) is 6.20 Å². The molecule has 1 aliphatic carbocycles. The van der Waals surface area contributed by atoms with E-state index >= 15 is 0 Å². The molecule has 0 aliphatic heterocycles. The highest BCUT2D eigenvalue weighted by molar-refractivity contribution is 7.92. The maximum atomic E-state index is 12.7.